The number of nitrogens with zero attached hydrogens (tertiary/aromatic N) is 4. The van der Waals surface area contributed by atoms with Gasteiger partial charge >= 0.3 is 0 Å². The van der Waals surface area contributed by atoms with Crippen molar-refractivity contribution < 1.29 is 0 Å². The van der Waals surface area contributed by atoms with Crippen molar-refractivity contribution in [3.8, 4) is 0 Å². The lowest BCUT2D eigenvalue weighted by molar-refractivity contribution is 0.455. The summed E-state index contributed by atoms with van der Waals surface area (Å²) in [6, 6.07) is 8.67. The second kappa shape index (κ2) is 13.4. The van der Waals surface area contributed by atoms with Crippen LogP contribution in [0.4, 0.5) is 0 Å². The summed E-state index contributed by atoms with van der Waals surface area (Å²) in [4.78, 5) is 10.9. The molecule has 154 valence electrons. The summed E-state index contributed by atoms with van der Waals surface area (Å²) in [5, 5.41) is 3.48. The Morgan fingerprint density at radius 3 is 2.75 bits per heavy atom. The fraction of sp³-hybridized carbons (Fsp3) is 0.455. The molecule has 0 bridgehead atoms. The minimum absolute atomic E-state index is 0. The molecule has 5 nitrogen and oxygen atoms in total. The summed E-state index contributed by atoms with van der Waals surface area (Å²) in [6.45, 7) is 8.43. The van der Waals surface area contributed by atoms with Crippen molar-refractivity contribution in [3.05, 3.63) is 66.3 Å². The van der Waals surface area contributed by atoms with E-state index in [0.717, 1.165) is 37.8 Å². The molecule has 0 fully saturated rings. The van der Waals surface area contributed by atoms with E-state index >= 15 is 0 Å². The fourth-order valence-corrected chi connectivity index (χ4v) is 3.09. The molecule has 6 heteroatoms. The van der Waals surface area contributed by atoms with Crippen molar-refractivity contribution in [2.45, 2.75) is 45.7 Å². The van der Waals surface area contributed by atoms with E-state index in [4.69, 9.17) is 0 Å². The van der Waals surface area contributed by atoms with E-state index in [2.05, 4.69) is 62.7 Å². The topological polar surface area (TPSA) is 45.5 Å². The van der Waals surface area contributed by atoms with Gasteiger partial charge in [-0.25, -0.2) is 4.98 Å². The van der Waals surface area contributed by atoms with Crippen molar-refractivity contribution in [2.24, 2.45) is 4.99 Å². The van der Waals surface area contributed by atoms with Crippen LogP contribution in [-0.4, -0.2) is 41.1 Å². The van der Waals surface area contributed by atoms with E-state index in [1.165, 1.54) is 30.4 Å². The molecule has 0 atom stereocenters. The number of hydrogen-bond acceptors (Lipinski definition) is 2. The Balaban J connectivity index is 0.00000392. The van der Waals surface area contributed by atoms with E-state index in [1.54, 1.807) is 0 Å². The average molecular weight is 495 g/mol. The van der Waals surface area contributed by atoms with Gasteiger partial charge in [0.2, 0.25) is 0 Å². The highest BCUT2D eigenvalue weighted by Crippen LogP contribution is 2.09. The minimum Gasteiger partial charge on any atom is -0.352 e. The molecule has 2 rings (SSSR count). The molecule has 1 heterocycles. The number of aromatic nitrogens is 2. The van der Waals surface area contributed by atoms with Crippen LogP contribution in [0.25, 0.3) is 0 Å². The van der Waals surface area contributed by atoms with Gasteiger partial charge in [-0.2, -0.15) is 0 Å². The summed E-state index contributed by atoms with van der Waals surface area (Å²) in [5.41, 5.74) is 2.53. The van der Waals surface area contributed by atoms with Crippen LogP contribution in [0.3, 0.4) is 0 Å². The first-order valence-corrected chi connectivity index (χ1v) is 9.72. The van der Waals surface area contributed by atoms with Crippen molar-refractivity contribution in [1.82, 2.24) is 19.8 Å². The average Bonchev–Trinajstić information content (AvgIpc) is 3.07. The molecule has 1 aromatic carbocycles. The van der Waals surface area contributed by atoms with Crippen LogP contribution in [0, 0.1) is 6.92 Å². The van der Waals surface area contributed by atoms with Crippen LogP contribution >= 0.6 is 24.0 Å². The first-order valence-electron chi connectivity index (χ1n) is 9.72. The Morgan fingerprint density at radius 2 is 2.07 bits per heavy atom. The number of imidazole rings is 1. The van der Waals surface area contributed by atoms with Gasteiger partial charge in [0.05, 0.1) is 0 Å². The predicted molar refractivity (Wildman–Crippen MR) is 129 cm³/mol. The number of rotatable bonds is 10. The highest BCUT2D eigenvalue weighted by molar-refractivity contribution is 14.0. The van der Waals surface area contributed by atoms with E-state index in [9.17, 15) is 0 Å². The van der Waals surface area contributed by atoms with Crippen molar-refractivity contribution in [2.75, 3.05) is 20.6 Å². The van der Waals surface area contributed by atoms with Crippen LogP contribution in [0.1, 0.15) is 42.6 Å². The molecule has 0 amide bonds. The second-order valence-corrected chi connectivity index (χ2v) is 6.88. The molecule has 0 spiro atoms. The van der Waals surface area contributed by atoms with Gasteiger partial charge in [-0.3, -0.25) is 4.99 Å². The fourth-order valence-electron chi connectivity index (χ4n) is 3.09. The van der Waals surface area contributed by atoms with Crippen LogP contribution in [0.5, 0.6) is 0 Å². The molecule has 0 aliphatic heterocycles. The minimum atomic E-state index is 0. The monoisotopic (exact) mass is 495 g/mol. The van der Waals surface area contributed by atoms with Crippen LogP contribution in [-0.2, 0) is 13.1 Å². The normalized spacial score (nSPS) is 11.0. The third-order valence-electron chi connectivity index (χ3n) is 4.69. The first-order chi connectivity index (χ1) is 13.1. The standard InChI is InChI=1S/C22H33N5.HI/c1-5-6-7-8-9-14-26(4)22(23-3)25-17-20-11-10-12-21(16-20)18-27-15-13-24-19(27)2;/h5,10-13,15-16H,1,6-9,14,17-18H2,2-4H3,(H,23,25);1H. The van der Waals surface area contributed by atoms with Crippen LogP contribution in [0.15, 0.2) is 54.3 Å². The van der Waals surface area contributed by atoms with E-state index < -0.39 is 0 Å². The lowest BCUT2D eigenvalue weighted by Gasteiger charge is -2.22. The Kier molecular flexibility index (Phi) is 11.6. The maximum absolute atomic E-state index is 4.42. The zero-order valence-corrected chi connectivity index (χ0v) is 19.7. The van der Waals surface area contributed by atoms with Crippen LogP contribution < -0.4 is 5.32 Å². The highest BCUT2D eigenvalue weighted by atomic mass is 127. The summed E-state index contributed by atoms with van der Waals surface area (Å²) >= 11 is 0. The predicted octanol–water partition coefficient (Wildman–Crippen LogP) is 4.61. The number of aryl methyl sites for hydroxylation is 1. The summed E-state index contributed by atoms with van der Waals surface area (Å²) in [5.74, 6) is 1.98. The molecular weight excluding hydrogens is 461 g/mol. The third-order valence-corrected chi connectivity index (χ3v) is 4.69. The van der Waals surface area contributed by atoms with Gasteiger partial charge in [0.25, 0.3) is 0 Å². The van der Waals surface area contributed by atoms with Crippen molar-refractivity contribution in [1.29, 1.82) is 0 Å². The van der Waals surface area contributed by atoms with Gasteiger partial charge in [0.15, 0.2) is 5.96 Å². The molecule has 0 unspecified atom stereocenters. The van der Waals surface area contributed by atoms with E-state index in [0.29, 0.717) is 0 Å². The molecule has 2 aromatic rings. The second-order valence-electron chi connectivity index (χ2n) is 6.88. The van der Waals surface area contributed by atoms with Gasteiger partial charge < -0.3 is 14.8 Å². The number of hydrogen-bond donors (Lipinski definition) is 1. The molecule has 0 radical (unpaired) electrons. The maximum Gasteiger partial charge on any atom is 0.193 e. The molecular formula is C22H34IN5. The lowest BCUT2D eigenvalue weighted by atomic mass is 10.1. The molecule has 1 aromatic heterocycles. The van der Waals surface area contributed by atoms with Gasteiger partial charge in [-0.05, 0) is 37.3 Å². The Labute approximate surface area is 187 Å². The number of benzene rings is 1. The highest BCUT2D eigenvalue weighted by Gasteiger charge is 2.06. The van der Waals surface area contributed by atoms with Crippen LogP contribution in [0.2, 0.25) is 0 Å². The quantitative estimate of drug-likeness (QED) is 0.172. The third kappa shape index (κ3) is 8.04. The Hall–Kier alpha value is -1.83. The number of nitrogens with one attached hydrogen (secondary N) is 1. The number of allylic oxidation sites excluding steroid dienone is 1. The molecule has 28 heavy (non-hydrogen) atoms. The zero-order valence-electron chi connectivity index (χ0n) is 17.4. The lowest BCUT2D eigenvalue weighted by Crippen LogP contribution is -2.39. The Morgan fingerprint density at radius 1 is 1.29 bits per heavy atom. The SMILES string of the molecule is C=CCCCCCN(C)C(=NC)NCc1cccc(Cn2ccnc2C)c1.I. The maximum atomic E-state index is 4.42. The van der Waals surface area contributed by atoms with Gasteiger partial charge in [0, 0.05) is 46.1 Å². The number of aliphatic imine (C=N–C) groups is 1. The van der Waals surface area contributed by atoms with Gasteiger partial charge in [-0.1, -0.05) is 36.8 Å². The number of guanidine groups is 1. The molecule has 0 saturated carbocycles. The summed E-state index contributed by atoms with van der Waals surface area (Å²) in [7, 11) is 3.94. The van der Waals surface area contributed by atoms with Gasteiger partial charge in [0.1, 0.15) is 5.82 Å². The van der Waals surface area contributed by atoms with E-state index in [1.807, 2.05) is 32.4 Å². The van der Waals surface area contributed by atoms with E-state index in [-0.39, 0.29) is 24.0 Å². The molecule has 0 aliphatic carbocycles. The molecule has 1 N–H and O–H groups in total. The molecule has 0 aliphatic rings. The first kappa shape index (κ1) is 24.2. The molecule has 0 saturated heterocycles. The number of halogens is 1. The summed E-state index contributed by atoms with van der Waals surface area (Å²) in [6.07, 6.45) is 10.6. The van der Waals surface area contributed by atoms with Crippen molar-refractivity contribution in [3.63, 3.8) is 0 Å². The zero-order chi connectivity index (χ0) is 19.5. The summed E-state index contributed by atoms with van der Waals surface area (Å²) < 4.78 is 2.16. The van der Waals surface area contributed by atoms with Gasteiger partial charge in [-0.15, -0.1) is 30.6 Å². The largest absolute Gasteiger partial charge is 0.352 e. The smallest absolute Gasteiger partial charge is 0.193 e. The number of unbranched alkanes of at least 4 members (excludes halogenated alkanes) is 3. The Bertz CT molecular complexity index is 738. The van der Waals surface area contributed by atoms with Crippen molar-refractivity contribution >= 4 is 29.9 Å².